The van der Waals surface area contributed by atoms with Gasteiger partial charge in [0.05, 0.1) is 11.0 Å². The number of rotatable bonds is 1. The van der Waals surface area contributed by atoms with Gasteiger partial charge in [-0.1, -0.05) is 12.1 Å². The van der Waals surface area contributed by atoms with Crippen molar-refractivity contribution in [3.05, 3.63) is 52.3 Å². The molecular formula is C12H7N2O2. The first-order valence-corrected chi connectivity index (χ1v) is 4.81. The van der Waals surface area contributed by atoms with E-state index in [1.807, 2.05) is 24.3 Å². The largest absolute Gasteiger partial charge is 0.339 e. The number of imidazole rings is 1. The molecule has 3 aromatic rings. The Kier molecular flexibility index (Phi) is 1.71. The molecule has 0 aliphatic carbocycles. The first kappa shape index (κ1) is 8.91. The maximum absolute atomic E-state index is 11.4. The van der Waals surface area contributed by atoms with E-state index in [9.17, 15) is 9.59 Å². The summed E-state index contributed by atoms with van der Waals surface area (Å²) >= 11 is 0. The van der Waals surface area contributed by atoms with Gasteiger partial charge in [0.25, 0.3) is 0 Å². The number of aromatic amines is 1. The number of nitrogens with one attached hydrogen (secondary N) is 1. The SMILES string of the molecule is O=[C]c1c(=O)ccn2c1[nH]c1ccccc12. The summed E-state index contributed by atoms with van der Waals surface area (Å²) in [6.45, 7) is 0. The van der Waals surface area contributed by atoms with Crippen LogP contribution in [0.1, 0.15) is 5.56 Å². The second-order valence-corrected chi connectivity index (χ2v) is 3.52. The number of para-hydroxylation sites is 2. The summed E-state index contributed by atoms with van der Waals surface area (Å²) in [6, 6.07) is 8.96. The number of hydrogen-bond acceptors (Lipinski definition) is 2. The summed E-state index contributed by atoms with van der Waals surface area (Å²) in [6.07, 6.45) is 3.33. The van der Waals surface area contributed by atoms with Crippen LogP contribution < -0.4 is 5.43 Å². The monoisotopic (exact) mass is 211 g/mol. The second-order valence-electron chi connectivity index (χ2n) is 3.52. The molecule has 0 spiro atoms. The van der Waals surface area contributed by atoms with E-state index < -0.39 is 0 Å². The molecule has 1 aromatic carbocycles. The first-order valence-electron chi connectivity index (χ1n) is 4.81. The molecule has 0 atom stereocenters. The molecule has 0 amide bonds. The van der Waals surface area contributed by atoms with Crippen LogP contribution in [0.5, 0.6) is 0 Å². The van der Waals surface area contributed by atoms with Gasteiger partial charge >= 0.3 is 0 Å². The van der Waals surface area contributed by atoms with Crippen molar-refractivity contribution >= 4 is 23.0 Å². The molecule has 77 valence electrons. The van der Waals surface area contributed by atoms with Gasteiger partial charge in [0.15, 0.2) is 5.43 Å². The van der Waals surface area contributed by atoms with Gasteiger partial charge in [0.1, 0.15) is 11.2 Å². The van der Waals surface area contributed by atoms with Gasteiger partial charge in [0.2, 0.25) is 6.29 Å². The van der Waals surface area contributed by atoms with Gasteiger partial charge in [-0.15, -0.1) is 0 Å². The molecule has 1 N–H and O–H groups in total. The number of H-pyrrole nitrogens is 1. The maximum atomic E-state index is 11.4. The van der Waals surface area contributed by atoms with Crippen molar-refractivity contribution in [2.45, 2.75) is 0 Å². The zero-order valence-corrected chi connectivity index (χ0v) is 8.23. The van der Waals surface area contributed by atoms with Crippen LogP contribution in [-0.2, 0) is 4.79 Å². The van der Waals surface area contributed by atoms with E-state index in [2.05, 4.69) is 4.98 Å². The smallest absolute Gasteiger partial charge is 0.241 e. The molecule has 0 fully saturated rings. The zero-order chi connectivity index (χ0) is 11.1. The average Bonchev–Trinajstić information content (AvgIpc) is 2.67. The lowest BCUT2D eigenvalue weighted by molar-refractivity contribution is 0.562. The van der Waals surface area contributed by atoms with Crippen molar-refractivity contribution in [3.8, 4) is 0 Å². The molecule has 0 unspecified atom stereocenters. The Hall–Kier alpha value is -2.36. The van der Waals surface area contributed by atoms with Crippen LogP contribution in [0.3, 0.4) is 0 Å². The van der Waals surface area contributed by atoms with E-state index in [-0.39, 0.29) is 11.0 Å². The fourth-order valence-corrected chi connectivity index (χ4v) is 1.88. The summed E-state index contributed by atoms with van der Waals surface area (Å²) in [4.78, 5) is 25.2. The van der Waals surface area contributed by atoms with Gasteiger partial charge < -0.3 is 9.38 Å². The predicted octanol–water partition coefficient (Wildman–Crippen LogP) is 1.24. The molecule has 0 aliphatic heterocycles. The highest BCUT2D eigenvalue weighted by atomic mass is 16.1. The highest BCUT2D eigenvalue weighted by molar-refractivity contribution is 5.90. The van der Waals surface area contributed by atoms with Crippen molar-refractivity contribution < 1.29 is 4.79 Å². The zero-order valence-electron chi connectivity index (χ0n) is 8.23. The third-order valence-corrected chi connectivity index (χ3v) is 2.62. The number of pyridine rings is 1. The van der Waals surface area contributed by atoms with Gasteiger partial charge in [-0.2, -0.15) is 0 Å². The van der Waals surface area contributed by atoms with Crippen molar-refractivity contribution in [1.29, 1.82) is 0 Å². The van der Waals surface area contributed by atoms with Gasteiger partial charge in [-0.3, -0.25) is 9.59 Å². The van der Waals surface area contributed by atoms with Crippen molar-refractivity contribution in [3.63, 3.8) is 0 Å². The highest BCUT2D eigenvalue weighted by Gasteiger charge is 2.09. The minimum atomic E-state index is -0.318. The summed E-state index contributed by atoms with van der Waals surface area (Å²) in [5.41, 5.74) is 2.02. The summed E-state index contributed by atoms with van der Waals surface area (Å²) in [5.74, 6) is 0. The van der Waals surface area contributed by atoms with Crippen molar-refractivity contribution in [2.75, 3.05) is 0 Å². The summed E-state index contributed by atoms with van der Waals surface area (Å²) in [5, 5.41) is 0. The summed E-state index contributed by atoms with van der Waals surface area (Å²) in [7, 11) is 0. The van der Waals surface area contributed by atoms with Crippen molar-refractivity contribution in [2.24, 2.45) is 0 Å². The molecule has 2 aromatic heterocycles. The van der Waals surface area contributed by atoms with Crippen LogP contribution in [0.2, 0.25) is 0 Å². The van der Waals surface area contributed by atoms with Crippen LogP contribution in [-0.4, -0.2) is 15.7 Å². The third kappa shape index (κ3) is 1.04. The normalized spacial score (nSPS) is 11.0. The Balaban J connectivity index is 2.64. The standard InChI is InChI=1S/C12H7N2O2/c15-7-8-11(16)5-6-14-10-4-2-1-3-9(10)13-12(8)14/h1-6,13H. The number of hydrogen-bond donors (Lipinski definition) is 1. The molecule has 0 saturated carbocycles. The predicted molar refractivity (Wildman–Crippen MR) is 60.3 cm³/mol. The van der Waals surface area contributed by atoms with Crippen LogP contribution in [0.25, 0.3) is 16.7 Å². The van der Waals surface area contributed by atoms with Crippen LogP contribution in [0.4, 0.5) is 0 Å². The minimum absolute atomic E-state index is 0.0405. The molecule has 0 aliphatic rings. The van der Waals surface area contributed by atoms with Crippen LogP contribution in [0, 0.1) is 0 Å². The molecule has 4 heteroatoms. The van der Waals surface area contributed by atoms with Gasteiger partial charge in [0, 0.05) is 12.3 Å². The molecule has 0 bridgehead atoms. The Bertz CT molecular complexity index is 752. The first-order chi connectivity index (χ1) is 7.81. The molecule has 4 nitrogen and oxygen atoms in total. The Morgan fingerprint density at radius 1 is 1.19 bits per heavy atom. The van der Waals surface area contributed by atoms with E-state index in [1.54, 1.807) is 16.9 Å². The Morgan fingerprint density at radius 3 is 2.81 bits per heavy atom. The number of aromatic nitrogens is 2. The summed E-state index contributed by atoms with van der Waals surface area (Å²) < 4.78 is 1.77. The molecule has 0 saturated heterocycles. The lowest BCUT2D eigenvalue weighted by Crippen LogP contribution is -2.09. The fraction of sp³-hybridized carbons (Fsp3) is 0. The van der Waals surface area contributed by atoms with Crippen LogP contribution >= 0.6 is 0 Å². The van der Waals surface area contributed by atoms with E-state index in [1.165, 1.54) is 6.07 Å². The second kappa shape index (κ2) is 3.06. The molecule has 16 heavy (non-hydrogen) atoms. The molecule has 2 heterocycles. The van der Waals surface area contributed by atoms with Crippen LogP contribution in [0.15, 0.2) is 41.3 Å². The van der Waals surface area contributed by atoms with E-state index >= 15 is 0 Å². The third-order valence-electron chi connectivity index (χ3n) is 2.62. The quantitative estimate of drug-likeness (QED) is 0.658. The number of fused-ring (bicyclic) bond motifs is 3. The number of nitrogens with zero attached hydrogens (tertiary/aromatic N) is 1. The molecule has 1 radical (unpaired) electrons. The fourth-order valence-electron chi connectivity index (χ4n) is 1.88. The van der Waals surface area contributed by atoms with Crippen molar-refractivity contribution in [1.82, 2.24) is 9.38 Å². The van der Waals surface area contributed by atoms with E-state index in [4.69, 9.17) is 0 Å². The van der Waals surface area contributed by atoms with Gasteiger partial charge in [-0.05, 0) is 12.1 Å². The lowest BCUT2D eigenvalue weighted by atomic mass is 10.3. The average molecular weight is 211 g/mol. The molecular weight excluding hydrogens is 204 g/mol. The van der Waals surface area contributed by atoms with E-state index in [0.29, 0.717) is 5.65 Å². The van der Waals surface area contributed by atoms with E-state index in [0.717, 1.165) is 11.0 Å². The number of benzene rings is 1. The Morgan fingerprint density at radius 2 is 2.00 bits per heavy atom. The molecule has 3 rings (SSSR count). The topological polar surface area (TPSA) is 54.3 Å². The van der Waals surface area contributed by atoms with Gasteiger partial charge in [-0.25, -0.2) is 0 Å². The number of carbonyl (C=O) groups excluding carboxylic acids is 1. The lowest BCUT2D eigenvalue weighted by Gasteiger charge is -1.95. The highest BCUT2D eigenvalue weighted by Crippen LogP contribution is 2.16. The maximum Gasteiger partial charge on any atom is 0.241 e. The minimum Gasteiger partial charge on any atom is -0.339 e. The Labute approximate surface area is 90.1 Å².